The first-order valence-corrected chi connectivity index (χ1v) is 10.2. The maximum atomic E-state index is 12.5. The number of non-ortho nitro benzene ring substituents is 1. The standard InChI is InChI=1S/C22H22N4O7/c1-2-33-22(28)17-7-8-19(20(15-17)26(31)32)23-10-12-24(13-11-23)21(27)9-6-16-4-3-5-18(14-16)25(29)30/h3-9,14-15H,2,10-13H2,1H3/b9-6+. The fraction of sp³-hybridized carbons (Fsp3) is 0.273. The second-order valence-electron chi connectivity index (χ2n) is 7.18. The zero-order valence-corrected chi connectivity index (χ0v) is 17.9. The van der Waals surface area contributed by atoms with Crippen LogP contribution in [0.25, 0.3) is 6.08 Å². The van der Waals surface area contributed by atoms with Crippen LogP contribution in [-0.2, 0) is 9.53 Å². The lowest BCUT2D eigenvalue weighted by atomic mass is 10.1. The zero-order chi connectivity index (χ0) is 24.0. The summed E-state index contributed by atoms with van der Waals surface area (Å²) in [6, 6.07) is 10.2. The average Bonchev–Trinajstić information content (AvgIpc) is 2.82. The van der Waals surface area contributed by atoms with Gasteiger partial charge in [-0.1, -0.05) is 12.1 Å². The van der Waals surface area contributed by atoms with Gasteiger partial charge in [0.25, 0.3) is 11.4 Å². The highest BCUT2D eigenvalue weighted by Crippen LogP contribution is 2.30. The smallest absolute Gasteiger partial charge is 0.338 e. The molecule has 1 aliphatic heterocycles. The molecule has 1 aliphatic rings. The monoisotopic (exact) mass is 454 g/mol. The Bertz CT molecular complexity index is 1110. The molecule has 0 radical (unpaired) electrons. The third-order valence-electron chi connectivity index (χ3n) is 5.11. The molecule has 0 aromatic heterocycles. The van der Waals surface area contributed by atoms with E-state index in [-0.39, 0.29) is 29.5 Å². The summed E-state index contributed by atoms with van der Waals surface area (Å²) in [5.74, 6) is -0.883. The van der Waals surface area contributed by atoms with Crippen molar-refractivity contribution in [2.45, 2.75) is 6.92 Å². The van der Waals surface area contributed by atoms with Crippen LogP contribution < -0.4 is 4.90 Å². The Hall–Kier alpha value is -4.28. The molecule has 0 spiro atoms. The Labute approximate surface area is 189 Å². The van der Waals surface area contributed by atoms with Gasteiger partial charge in [0.1, 0.15) is 5.69 Å². The summed E-state index contributed by atoms with van der Waals surface area (Å²) in [5, 5.41) is 22.4. The Morgan fingerprint density at radius 3 is 2.39 bits per heavy atom. The molecule has 2 aromatic rings. The SMILES string of the molecule is CCOC(=O)c1ccc(N2CCN(C(=O)/C=C/c3cccc([N+](=O)[O-])c3)CC2)c([N+](=O)[O-])c1. The van der Waals surface area contributed by atoms with Crippen LogP contribution in [0.3, 0.4) is 0 Å². The molecule has 0 N–H and O–H groups in total. The summed E-state index contributed by atoms with van der Waals surface area (Å²) in [6.07, 6.45) is 2.87. The highest BCUT2D eigenvalue weighted by molar-refractivity contribution is 5.92. The number of nitro groups is 2. The van der Waals surface area contributed by atoms with Gasteiger partial charge in [-0.3, -0.25) is 25.0 Å². The fourth-order valence-corrected chi connectivity index (χ4v) is 3.46. The minimum atomic E-state index is -0.627. The molecule has 0 unspecified atom stereocenters. The van der Waals surface area contributed by atoms with Crippen LogP contribution in [-0.4, -0.2) is 59.4 Å². The average molecular weight is 454 g/mol. The number of hydrogen-bond acceptors (Lipinski definition) is 8. The van der Waals surface area contributed by atoms with E-state index in [9.17, 15) is 29.8 Å². The molecule has 11 nitrogen and oxygen atoms in total. The van der Waals surface area contributed by atoms with Crippen LogP contribution in [0, 0.1) is 20.2 Å². The van der Waals surface area contributed by atoms with Gasteiger partial charge in [0.15, 0.2) is 0 Å². The molecule has 0 bridgehead atoms. The summed E-state index contributed by atoms with van der Waals surface area (Å²) >= 11 is 0. The number of nitro benzene ring substituents is 2. The van der Waals surface area contributed by atoms with Crippen LogP contribution >= 0.6 is 0 Å². The summed E-state index contributed by atoms with van der Waals surface area (Å²) in [7, 11) is 0. The number of carbonyl (C=O) groups is 2. The Kier molecular flexibility index (Phi) is 7.34. The maximum Gasteiger partial charge on any atom is 0.338 e. The van der Waals surface area contributed by atoms with Gasteiger partial charge in [-0.05, 0) is 30.7 Å². The molecular weight excluding hydrogens is 432 g/mol. The largest absolute Gasteiger partial charge is 0.462 e. The highest BCUT2D eigenvalue weighted by Gasteiger charge is 2.26. The van der Waals surface area contributed by atoms with Crippen molar-refractivity contribution < 1.29 is 24.2 Å². The van der Waals surface area contributed by atoms with E-state index in [4.69, 9.17) is 4.74 Å². The Morgan fingerprint density at radius 2 is 1.76 bits per heavy atom. The van der Waals surface area contributed by atoms with Gasteiger partial charge in [-0.25, -0.2) is 4.79 Å². The van der Waals surface area contributed by atoms with Gasteiger partial charge in [0.2, 0.25) is 5.91 Å². The quantitative estimate of drug-likeness (QED) is 0.269. The van der Waals surface area contributed by atoms with E-state index in [0.717, 1.165) is 0 Å². The number of ether oxygens (including phenoxy) is 1. The van der Waals surface area contributed by atoms with E-state index in [1.807, 2.05) is 0 Å². The topological polar surface area (TPSA) is 136 Å². The summed E-state index contributed by atoms with van der Waals surface area (Å²) < 4.78 is 4.90. The second-order valence-corrected chi connectivity index (χ2v) is 7.18. The first-order valence-electron chi connectivity index (χ1n) is 10.2. The van der Waals surface area contributed by atoms with E-state index >= 15 is 0 Å². The van der Waals surface area contributed by atoms with Crippen molar-refractivity contribution in [1.82, 2.24) is 4.90 Å². The number of piperazine rings is 1. The third kappa shape index (κ3) is 5.70. The molecule has 3 rings (SSSR count). The van der Waals surface area contributed by atoms with Crippen molar-refractivity contribution in [3.05, 3.63) is 79.9 Å². The molecule has 0 aliphatic carbocycles. The number of carbonyl (C=O) groups excluding carboxylic acids is 2. The van der Waals surface area contributed by atoms with E-state index in [0.29, 0.717) is 37.4 Å². The molecule has 0 atom stereocenters. The van der Waals surface area contributed by atoms with Crippen molar-refractivity contribution >= 4 is 35.0 Å². The normalized spacial score (nSPS) is 13.7. The van der Waals surface area contributed by atoms with Gasteiger partial charge in [0, 0.05) is 50.5 Å². The lowest BCUT2D eigenvalue weighted by molar-refractivity contribution is -0.384. The van der Waals surface area contributed by atoms with Crippen LogP contribution in [0.4, 0.5) is 17.1 Å². The van der Waals surface area contributed by atoms with Crippen molar-refractivity contribution in [2.75, 3.05) is 37.7 Å². The van der Waals surface area contributed by atoms with Crippen LogP contribution in [0.2, 0.25) is 0 Å². The first-order chi connectivity index (χ1) is 15.8. The van der Waals surface area contributed by atoms with E-state index in [1.54, 1.807) is 28.9 Å². The lowest BCUT2D eigenvalue weighted by Gasteiger charge is -2.35. The molecule has 0 saturated carbocycles. The minimum absolute atomic E-state index is 0.0613. The van der Waals surface area contributed by atoms with Crippen LogP contribution in [0.1, 0.15) is 22.8 Å². The van der Waals surface area contributed by atoms with Crippen molar-refractivity contribution in [3.8, 4) is 0 Å². The van der Waals surface area contributed by atoms with E-state index in [2.05, 4.69) is 0 Å². The number of hydrogen-bond donors (Lipinski definition) is 0. The van der Waals surface area contributed by atoms with E-state index in [1.165, 1.54) is 42.5 Å². The van der Waals surface area contributed by atoms with Crippen LogP contribution in [0.15, 0.2) is 48.5 Å². The molecule has 11 heteroatoms. The first kappa shape index (κ1) is 23.4. The summed E-state index contributed by atoms with van der Waals surface area (Å²) in [6.45, 7) is 3.25. The second kappa shape index (κ2) is 10.4. The predicted octanol–water partition coefficient (Wildman–Crippen LogP) is 3.04. The maximum absolute atomic E-state index is 12.5. The molecule has 1 heterocycles. The van der Waals surface area contributed by atoms with Gasteiger partial charge >= 0.3 is 5.97 Å². The molecule has 2 aromatic carbocycles. The number of esters is 1. The van der Waals surface area contributed by atoms with E-state index < -0.39 is 15.8 Å². The lowest BCUT2D eigenvalue weighted by Crippen LogP contribution is -2.48. The number of amides is 1. The number of nitrogens with zero attached hydrogens (tertiary/aromatic N) is 4. The summed E-state index contributed by atoms with van der Waals surface area (Å²) in [4.78, 5) is 49.2. The zero-order valence-electron chi connectivity index (χ0n) is 17.9. The van der Waals surface area contributed by atoms with Gasteiger partial charge in [-0.2, -0.15) is 0 Å². The molecule has 1 amide bonds. The Morgan fingerprint density at radius 1 is 1.03 bits per heavy atom. The molecule has 172 valence electrons. The van der Waals surface area contributed by atoms with Crippen molar-refractivity contribution in [1.29, 1.82) is 0 Å². The predicted molar refractivity (Wildman–Crippen MR) is 120 cm³/mol. The third-order valence-corrected chi connectivity index (χ3v) is 5.11. The highest BCUT2D eigenvalue weighted by atomic mass is 16.6. The molecule has 1 fully saturated rings. The fourth-order valence-electron chi connectivity index (χ4n) is 3.46. The minimum Gasteiger partial charge on any atom is -0.462 e. The number of benzene rings is 2. The molecular formula is C22H22N4O7. The van der Waals surface area contributed by atoms with Gasteiger partial charge in [-0.15, -0.1) is 0 Å². The number of anilines is 1. The van der Waals surface area contributed by atoms with Gasteiger partial charge in [0.05, 0.1) is 22.0 Å². The molecule has 1 saturated heterocycles. The van der Waals surface area contributed by atoms with Crippen molar-refractivity contribution in [3.63, 3.8) is 0 Å². The van der Waals surface area contributed by atoms with Crippen LogP contribution in [0.5, 0.6) is 0 Å². The van der Waals surface area contributed by atoms with Gasteiger partial charge < -0.3 is 14.5 Å². The molecule has 33 heavy (non-hydrogen) atoms. The number of rotatable bonds is 7. The van der Waals surface area contributed by atoms with Crippen molar-refractivity contribution in [2.24, 2.45) is 0 Å². The summed E-state index contributed by atoms with van der Waals surface area (Å²) in [5.41, 5.74) is 0.743. The Balaban J connectivity index is 1.66.